The Morgan fingerprint density at radius 3 is 2.66 bits per heavy atom. The van der Waals surface area contributed by atoms with Gasteiger partial charge in [-0.2, -0.15) is 9.50 Å². The van der Waals surface area contributed by atoms with Crippen LogP contribution in [-0.2, 0) is 16.0 Å². The molecule has 9 nitrogen and oxygen atoms in total. The number of nitrogens with two attached hydrogens (primary N) is 1. The maximum Gasteiger partial charge on any atom is 0.254 e. The number of ether oxygens (including phenoxy) is 1. The molecule has 0 aliphatic carbocycles. The van der Waals surface area contributed by atoms with E-state index in [4.69, 9.17) is 10.5 Å². The maximum atomic E-state index is 13.2. The molecule has 0 spiro atoms. The monoisotopic (exact) mass is 401 g/mol. The van der Waals surface area contributed by atoms with Gasteiger partial charge >= 0.3 is 0 Å². The first-order valence-electron chi connectivity index (χ1n) is 10.5. The number of aromatic nitrogens is 4. The molecule has 3 atom stereocenters. The highest BCUT2D eigenvalue weighted by molar-refractivity contribution is 5.80. The average molecular weight is 402 g/mol. The first kappa shape index (κ1) is 20.0. The zero-order valence-electron chi connectivity index (χ0n) is 17.8. The lowest BCUT2D eigenvalue weighted by molar-refractivity contribution is -0.132. The van der Waals surface area contributed by atoms with Crippen molar-refractivity contribution in [1.29, 1.82) is 0 Å². The van der Waals surface area contributed by atoms with Crippen molar-refractivity contribution in [2.75, 3.05) is 31.9 Å². The summed E-state index contributed by atoms with van der Waals surface area (Å²) in [5.74, 6) is 0.822. The summed E-state index contributed by atoms with van der Waals surface area (Å²) in [5.41, 5.74) is 8.30. The number of amides is 1. The maximum absolute atomic E-state index is 13.2. The second kappa shape index (κ2) is 7.87. The van der Waals surface area contributed by atoms with Crippen molar-refractivity contribution in [1.82, 2.24) is 29.4 Å². The molecule has 2 aromatic rings. The molecule has 4 rings (SSSR count). The van der Waals surface area contributed by atoms with Crippen LogP contribution in [0.1, 0.15) is 43.6 Å². The number of likely N-dealkylation sites (tertiary alicyclic amines) is 1. The van der Waals surface area contributed by atoms with Crippen LogP contribution in [0.2, 0.25) is 0 Å². The summed E-state index contributed by atoms with van der Waals surface area (Å²) in [7, 11) is 0. The highest BCUT2D eigenvalue weighted by Gasteiger charge is 2.33. The first-order chi connectivity index (χ1) is 13.8. The molecule has 2 aliphatic rings. The van der Waals surface area contributed by atoms with Crippen LogP contribution in [0, 0.1) is 13.8 Å². The largest absolute Gasteiger partial charge is 0.373 e. The van der Waals surface area contributed by atoms with Crippen LogP contribution in [0.4, 0.5) is 5.95 Å². The fourth-order valence-corrected chi connectivity index (χ4v) is 4.82. The van der Waals surface area contributed by atoms with E-state index >= 15 is 0 Å². The van der Waals surface area contributed by atoms with Crippen molar-refractivity contribution in [2.24, 2.45) is 0 Å². The molecule has 29 heavy (non-hydrogen) atoms. The number of carbonyl (C=O) groups excluding carboxylic acids is 1. The summed E-state index contributed by atoms with van der Waals surface area (Å²) >= 11 is 0. The van der Waals surface area contributed by atoms with Crippen LogP contribution in [0.3, 0.4) is 0 Å². The summed E-state index contributed by atoms with van der Waals surface area (Å²) in [5, 5.41) is 4.20. The standard InChI is InChI=1S/C20H31N7O2/c1-12-9-25(10-13(2)29-12)11-16-6-5-7-26(16)18(28)8-17-14(3)22-20-23-19(21)24-27(20)15(17)4/h12-13,16H,5-11H2,1-4H3,(H2,21,24). The van der Waals surface area contributed by atoms with E-state index < -0.39 is 0 Å². The number of morpholine rings is 1. The molecule has 2 aromatic heterocycles. The predicted octanol–water partition coefficient (Wildman–Crippen LogP) is 0.966. The van der Waals surface area contributed by atoms with E-state index in [1.54, 1.807) is 4.52 Å². The number of nitrogens with zero attached hydrogens (tertiary/aromatic N) is 6. The highest BCUT2D eigenvalue weighted by atomic mass is 16.5. The van der Waals surface area contributed by atoms with Crippen molar-refractivity contribution in [3.05, 3.63) is 17.0 Å². The Morgan fingerprint density at radius 1 is 1.21 bits per heavy atom. The summed E-state index contributed by atoms with van der Waals surface area (Å²) in [4.78, 5) is 26.3. The van der Waals surface area contributed by atoms with Gasteiger partial charge in [-0.05, 0) is 40.5 Å². The molecular weight excluding hydrogens is 370 g/mol. The van der Waals surface area contributed by atoms with Gasteiger partial charge in [-0.25, -0.2) is 4.98 Å². The third-order valence-corrected chi connectivity index (χ3v) is 6.05. The van der Waals surface area contributed by atoms with Crippen molar-refractivity contribution in [3.8, 4) is 0 Å². The smallest absolute Gasteiger partial charge is 0.254 e. The molecule has 3 unspecified atom stereocenters. The molecule has 2 aliphatic heterocycles. The van der Waals surface area contributed by atoms with Gasteiger partial charge < -0.3 is 15.4 Å². The van der Waals surface area contributed by atoms with E-state index in [2.05, 4.69) is 38.7 Å². The summed E-state index contributed by atoms with van der Waals surface area (Å²) in [6.45, 7) is 11.7. The van der Waals surface area contributed by atoms with Crippen molar-refractivity contribution in [3.63, 3.8) is 0 Å². The normalized spacial score (nSPS) is 25.8. The van der Waals surface area contributed by atoms with Gasteiger partial charge in [0.1, 0.15) is 0 Å². The van der Waals surface area contributed by atoms with E-state index in [0.717, 1.165) is 56.0 Å². The minimum atomic E-state index is 0.155. The zero-order chi connectivity index (χ0) is 20.7. The molecule has 4 heterocycles. The molecule has 0 saturated carbocycles. The number of aryl methyl sites for hydroxylation is 2. The Kier molecular flexibility index (Phi) is 5.44. The van der Waals surface area contributed by atoms with Gasteiger partial charge in [-0.1, -0.05) is 0 Å². The number of hydrogen-bond acceptors (Lipinski definition) is 7. The number of hydrogen-bond donors (Lipinski definition) is 1. The van der Waals surface area contributed by atoms with Gasteiger partial charge in [0.25, 0.3) is 5.78 Å². The fraction of sp³-hybridized carbons (Fsp3) is 0.700. The van der Waals surface area contributed by atoms with Gasteiger partial charge in [0.15, 0.2) is 0 Å². The number of carbonyl (C=O) groups is 1. The summed E-state index contributed by atoms with van der Waals surface area (Å²) < 4.78 is 7.47. The topological polar surface area (TPSA) is 102 Å². The van der Waals surface area contributed by atoms with Gasteiger partial charge in [-0.15, -0.1) is 5.10 Å². The number of anilines is 1. The minimum Gasteiger partial charge on any atom is -0.373 e. The average Bonchev–Trinajstić information content (AvgIpc) is 3.23. The fourth-order valence-electron chi connectivity index (χ4n) is 4.82. The van der Waals surface area contributed by atoms with Crippen LogP contribution in [-0.4, -0.2) is 79.7 Å². The second-order valence-electron chi connectivity index (χ2n) is 8.48. The van der Waals surface area contributed by atoms with Crippen LogP contribution in [0.5, 0.6) is 0 Å². The number of fused-ring (bicyclic) bond motifs is 1. The lowest BCUT2D eigenvalue weighted by Gasteiger charge is -2.38. The molecule has 0 bridgehead atoms. The molecular formula is C20H31N7O2. The predicted molar refractivity (Wildman–Crippen MR) is 110 cm³/mol. The molecule has 9 heteroatoms. The lowest BCUT2D eigenvalue weighted by atomic mass is 10.1. The van der Waals surface area contributed by atoms with Gasteiger partial charge in [-0.3, -0.25) is 9.69 Å². The molecule has 158 valence electrons. The molecule has 2 saturated heterocycles. The van der Waals surface area contributed by atoms with Crippen molar-refractivity contribution < 1.29 is 9.53 Å². The molecule has 1 amide bonds. The molecule has 2 fully saturated rings. The lowest BCUT2D eigenvalue weighted by Crippen LogP contribution is -2.51. The Morgan fingerprint density at radius 2 is 1.93 bits per heavy atom. The minimum absolute atomic E-state index is 0.155. The van der Waals surface area contributed by atoms with E-state index in [-0.39, 0.29) is 30.1 Å². The van der Waals surface area contributed by atoms with E-state index in [1.165, 1.54) is 0 Å². The Balaban J connectivity index is 1.48. The van der Waals surface area contributed by atoms with Gasteiger partial charge in [0, 0.05) is 49.2 Å². The van der Waals surface area contributed by atoms with Crippen LogP contribution >= 0.6 is 0 Å². The second-order valence-corrected chi connectivity index (χ2v) is 8.48. The highest BCUT2D eigenvalue weighted by Crippen LogP contribution is 2.23. The van der Waals surface area contributed by atoms with Gasteiger partial charge in [0.05, 0.1) is 18.6 Å². The van der Waals surface area contributed by atoms with E-state index in [0.29, 0.717) is 12.2 Å². The Hall–Kier alpha value is -2.26. The van der Waals surface area contributed by atoms with E-state index in [1.807, 2.05) is 13.8 Å². The third kappa shape index (κ3) is 4.06. The Bertz CT molecular complexity index is 902. The van der Waals surface area contributed by atoms with Crippen LogP contribution in [0.15, 0.2) is 0 Å². The molecule has 0 radical (unpaired) electrons. The van der Waals surface area contributed by atoms with Crippen LogP contribution < -0.4 is 5.73 Å². The summed E-state index contributed by atoms with van der Waals surface area (Å²) in [6, 6.07) is 0.263. The van der Waals surface area contributed by atoms with Crippen molar-refractivity contribution in [2.45, 2.75) is 65.2 Å². The van der Waals surface area contributed by atoms with E-state index in [9.17, 15) is 4.79 Å². The quantitative estimate of drug-likeness (QED) is 0.814. The first-order valence-corrected chi connectivity index (χ1v) is 10.5. The molecule has 2 N–H and O–H groups in total. The summed E-state index contributed by atoms with van der Waals surface area (Å²) in [6.07, 6.45) is 2.92. The van der Waals surface area contributed by atoms with Crippen molar-refractivity contribution >= 4 is 17.6 Å². The van der Waals surface area contributed by atoms with Crippen LogP contribution in [0.25, 0.3) is 5.78 Å². The molecule has 0 aromatic carbocycles. The van der Waals surface area contributed by atoms with Gasteiger partial charge in [0.2, 0.25) is 11.9 Å². The number of rotatable bonds is 4. The third-order valence-electron chi connectivity index (χ3n) is 6.05. The Labute approximate surface area is 171 Å². The SMILES string of the molecule is Cc1nc2nc(N)nn2c(C)c1CC(=O)N1CCCC1CN1CC(C)OC(C)C1. The zero-order valence-corrected chi connectivity index (χ0v) is 17.8. The number of nitrogen functional groups attached to an aromatic ring is 1.